The number of nitrogens with two attached hydrogens (primary N) is 1. The smallest absolute Gasteiger partial charge is 0.244 e. The maximum absolute atomic E-state index is 12.4. The molecule has 1 aliphatic heterocycles. The van der Waals surface area contributed by atoms with Crippen molar-refractivity contribution in [3.05, 3.63) is 42.1 Å². The predicted molar refractivity (Wildman–Crippen MR) is 97.6 cm³/mol. The molecule has 1 aromatic carbocycles. The number of hydrogen-bond acceptors (Lipinski definition) is 6. The Bertz CT molecular complexity index is 771. The highest BCUT2D eigenvalue weighted by molar-refractivity contribution is 5.97. The minimum Gasteiger partial charge on any atom is -0.493 e. The number of carbonyl (C=O) groups excluding carboxylic acids is 1. The van der Waals surface area contributed by atoms with Gasteiger partial charge in [0.2, 0.25) is 11.8 Å². The van der Waals surface area contributed by atoms with Crippen LogP contribution in [0.1, 0.15) is 18.4 Å². The molecule has 0 saturated carbocycles. The molecule has 1 amide bonds. The molecule has 7 heteroatoms. The summed E-state index contributed by atoms with van der Waals surface area (Å²) in [5, 5.41) is 2.81. The van der Waals surface area contributed by atoms with Crippen LogP contribution in [-0.2, 0) is 9.53 Å². The van der Waals surface area contributed by atoms with Gasteiger partial charge in [0, 0.05) is 19.3 Å². The monoisotopic (exact) mass is 357 g/mol. The zero-order chi connectivity index (χ0) is 18.6. The molecular weight excluding hydrogens is 334 g/mol. The molecule has 1 fully saturated rings. The van der Waals surface area contributed by atoms with E-state index in [1.165, 1.54) is 6.20 Å². The second-order valence-corrected chi connectivity index (χ2v) is 6.36. The third-order valence-corrected chi connectivity index (χ3v) is 4.37. The van der Waals surface area contributed by atoms with Gasteiger partial charge in [-0.2, -0.15) is 0 Å². The maximum Gasteiger partial charge on any atom is 0.244 e. The van der Waals surface area contributed by atoms with Crippen LogP contribution in [0.3, 0.4) is 0 Å². The Morgan fingerprint density at radius 3 is 2.65 bits per heavy atom. The Hall–Kier alpha value is -2.64. The normalized spacial score (nSPS) is 16.0. The molecular formula is C19H23N3O4. The second kappa shape index (κ2) is 7.72. The van der Waals surface area contributed by atoms with Crippen molar-refractivity contribution in [2.24, 2.45) is 5.73 Å². The van der Waals surface area contributed by atoms with Gasteiger partial charge in [0.1, 0.15) is 5.54 Å². The van der Waals surface area contributed by atoms with Gasteiger partial charge in [0.25, 0.3) is 0 Å². The summed E-state index contributed by atoms with van der Waals surface area (Å²) in [6.07, 6.45) is 2.54. The van der Waals surface area contributed by atoms with E-state index < -0.39 is 5.54 Å². The number of amides is 1. The number of benzene rings is 1. The average Bonchev–Trinajstić information content (AvgIpc) is 2.65. The Labute approximate surface area is 152 Å². The van der Waals surface area contributed by atoms with Crippen molar-refractivity contribution >= 4 is 11.6 Å². The van der Waals surface area contributed by atoms with Crippen LogP contribution in [0, 0.1) is 6.92 Å². The minimum absolute atomic E-state index is 0.225. The molecule has 138 valence electrons. The first-order chi connectivity index (χ1) is 12.5. The van der Waals surface area contributed by atoms with Crippen molar-refractivity contribution < 1.29 is 19.0 Å². The fraction of sp³-hybridized carbons (Fsp3) is 0.368. The van der Waals surface area contributed by atoms with Crippen molar-refractivity contribution in [2.45, 2.75) is 25.3 Å². The molecule has 2 heterocycles. The highest BCUT2D eigenvalue weighted by Gasteiger charge is 2.35. The lowest BCUT2D eigenvalue weighted by atomic mass is 9.90. The number of pyridine rings is 1. The van der Waals surface area contributed by atoms with Crippen LogP contribution in [0.4, 0.5) is 5.69 Å². The Morgan fingerprint density at radius 2 is 2.00 bits per heavy atom. The highest BCUT2D eigenvalue weighted by atomic mass is 16.5. The van der Waals surface area contributed by atoms with E-state index in [9.17, 15) is 4.79 Å². The van der Waals surface area contributed by atoms with Crippen LogP contribution >= 0.6 is 0 Å². The maximum atomic E-state index is 12.4. The largest absolute Gasteiger partial charge is 0.493 e. The Kier molecular flexibility index (Phi) is 5.39. The zero-order valence-electron chi connectivity index (χ0n) is 15.0. The standard InChI is InChI=1S/C19H23N3O4/c1-13-3-5-15(16(11-13)24-2)26-17-6-4-14(12-21-17)22-18(23)19(20)7-9-25-10-8-19/h3-6,11-12H,7-10,20H2,1-2H3,(H,22,23). The van der Waals surface area contributed by atoms with Crippen molar-refractivity contribution in [2.75, 3.05) is 25.6 Å². The van der Waals surface area contributed by atoms with E-state index in [1.54, 1.807) is 19.2 Å². The van der Waals surface area contributed by atoms with Crippen LogP contribution in [0.15, 0.2) is 36.5 Å². The third-order valence-electron chi connectivity index (χ3n) is 4.37. The summed E-state index contributed by atoms with van der Waals surface area (Å²) in [5.41, 5.74) is 6.91. The molecule has 0 spiro atoms. The summed E-state index contributed by atoms with van der Waals surface area (Å²) in [5.74, 6) is 1.38. The van der Waals surface area contributed by atoms with Gasteiger partial charge < -0.3 is 25.3 Å². The summed E-state index contributed by atoms with van der Waals surface area (Å²) in [6, 6.07) is 9.06. The first-order valence-corrected chi connectivity index (χ1v) is 8.47. The lowest BCUT2D eigenvalue weighted by molar-refractivity contribution is -0.124. The molecule has 0 bridgehead atoms. The van der Waals surface area contributed by atoms with E-state index in [4.69, 9.17) is 19.9 Å². The van der Waals surface area contributed by atoms with Gasteiger partial charge in [-0.15, -0.1) is 0 Å². The molecule has 1 aromatic heterocycles. The lowest BCUT2D eigenvalue weighted by Crippen LogP contribution is -2.54. The van der Waals surface area contributed by atoms with Crippen molar-refractivity contribution in [3.63, 3.8) is 0 Å². The summed E-state index contributed by atoms with van der Waals surface area (Å²) in [4.78, 5) is 16.6. The Morgan fingerprint density at radius 1 is 1.23 bits per heavy atom. The molecule has 1 aliphatic rings. The number of nitrogens with zero attached hydrogens (tertiary/aromatic N) is 1. The number of ether oxygens (including phenoxy) is 3. The summed E-state index contributed by atoms with van der Waals surface area (Å²) in [6.45, 7) is 2.96. The van der Waals surface area contributed by atoms with E-state index in [0.717, 1.165) is 5.56 Å². The Balaban J connectivity index is 1.66. The van der Waals surface area contributed by atoms with Crippen LogP contribution in [0.5, 0.6) is 17.4 Å². The van der Waals surface area contributed by atoms with Crippen molar-refractivity contribution in [3.8, 4) is 17.4 Å². The van der Waals surface area contributed by atoms with Crippen LogP contribution in [-0.4, -0.2) is 36.8 Å². The average molecular weight is 357 g/mol. The van der Waals surface area contributed by atoms with Crippen LogP contribution in [0.25, 0.3) is 0 Å². The summed E-state index contributed by atoms with van der Waals surface area (Å²) in [7, 11) is 1.59. The molecule has 1 saturated heterocycles. The lowest BCUT2D eigenvalue weighted by Gasteiger charge is -2.31. The third kappa shape index (κ3) is 4.12. The topological polar surface area (TPSA) is 95.7 Å². The fourth-order valence-electron chi connectivity index (χ4n) is 2.70. The molecule has 0 atom stereocenters. The van der Waals surface area contributed by atoms with Crippen molar-refractivity contribution in [1.29, 1.82) is 0 Å². The molecule has 0 aliphatic carbocycles. The van der Waals surface area contributed by atoms with Gasteiger partial charge in [-0.3, -0.25) is 4.79 Å². The van der Waals surface area contributed by atoms with Gasteiger partial charge >= 0.3 is 0 Å². The van der Waals surface area contributed by atoms with E-state index in [1.807, 2.05) is 25.1 Å². The van der Waals surface area contributed by atoms with Gasteiger partial charge in [-0.05, 0) is 43.5 Å². The predicted octanol–water partition coefficient (Wildman–Crippen LogP) is 2.64. The number of anilines is 1. The number of nitrogens with one attached hydrogen (secondary N) is 1. The van der Waals surface area contributed by atoms with E-state index in [2.05, 4.69) is 10.3 Å². The molecule has 0 radical (unpaired) electrons. The van der Waals surface area contributed by atoms with E-state index in [-0.39, 0.29) is 5.91 Å². The van der Waals surface area contributed by atoms with E-state index >= 15 is 0 Å². The van der Waals surface area contributed by atoms with Crippen LogP contribution in [0.2, 0.25) is 0 Å². The molecule has 7 nitrogen and oxygen atoms in total. The molecule has 26 heavy (non-hydrogen) atoms. The second-order valence-electron chi connectivity index (χ2n) is 6.36. The molecule has 3 rings (SSSR count). The fourth-order valence-corrected chi connectivity index (χ4v) is 2.70. The number of carbonyl (C=O) groups is 1. The van der Waals surface area contributed by atoms with Gasteiger partial charge in [0.05, 0.1) is 19.0 Å². The molecule has 3 N–H and O–H groups in total. The van der Waals surface area contributed by atoms with Gasteiger partial charge in [-0.25, -0.2) is 4.98 Å². The number of hydrogen-bond donors (Lipinski definition) is 2. The molecule has 0 unspecified atom stereocenters. The zero-order valence-corrected chi connectivity index (χ0v) is 15.0. The quantitative estimate of drug-likeness (QED) is 0.854. The number of aryl methyl sites for hydroxylation is 1. The summed E-state index contributed by atoms with van der Waals surface area (Å²) < 4.78 is 16.3. The number of methoxy groups -OCH3 is 1. The number of aromatic nitrogens is 1. The first-order valence-electron chi connectivity index (χ1n) is 8.47. The molecule has 2 aromatic rings. The van der Waals surface area contributed by atoms with Gasteiger partial charge in [0.15, 0.2) is 11.5 Å². The summed E-state index contributed by atoms with van der Waals surface area (Å²) >= 11 is 0. The first kappa shape index (κ1) is 18.2. The van der Waals surface area contributed by atoms with E-state index in [0.29, 0.717) is 49.1 Å². The van der Waals surface area contributed by atoms with Gasteiger partial charge in [-0.1, -0.05) is 6.07 Å². The highest BCUT2D eigenvalue weighted by Crippen LogP contribution is 2.31. The number of rotatable bonds is 5. The van der Waals surface area contributed by atoms with Crippen molar-refractivity contribution in [1.82, 2.24) is 4.98 Å². The minimum atomic E-state index is -0.900. The van der Waals surface area contributed by atoms with Crippen LogP contribution < -0.4 is 20.5 Å². The SMILES string of the molecule is COc1cc(C)ccc1Oc1ccc(NC(=O)C2(N)CCOCC2)cn1.